The first-order chi connectivity index (χ1) is 14.4. The van der Waals surface area contributed by atoms with Gasteiger partial charge in [0.2, 0.25) is 5.89 Å². The highest BCUT2D eigenvalue weighted by atomic mass is 16.3. The van der Waals surface area contributed by atoms with E-state index in [1.54, 1.807) is 0 Å². The average Bonchev–Trinajstić information content (AvgIpc) is 3.20. The Hall–Kier alpha value is -2.92. The second kappa shape index (κ2) is 10.2. The first-order valence-corrected chi connectivity index (χ1v) is 10.5. The molecule has 1 heterocycles. The van der Waals surface area contributed by atoms with Crippen LogP contribution in [0, 0.1) is 13.8 Å². The van der Waals surface area contributed by atoms with Crippen LogP contribution in [-0.4, -0.2) is 21.8 Å². The average molecular weight is 406 g/mol. The summed E-state index contributed by atoms with van der Waals surface area (Å²) in [7, 11) is 0. The van der Waals surface area contributed by atoms with E-state index in [1.807, 2.05) is 32.0 Å². The maximum atomic E-state index is 12.3. The third-order valence-corrected chi connectivity index (χ3v) is 5.28. The summed E-state index contributed by atoms with van der Waals surface area (Å²) in [4.78, 5) is 19.1. The molecule has 0 aliphatic rings. The molecule has 5 nitrogen and oxygen atoms in total. The first kappa shape index (κ1) is 21.8. The van der Waals surface area contributed by atoms with Crippen LogP contribution in [0.25, 0.3) is 0 Å². The molecule has 3 rings (SSSR count). The minimum absolute atomic E-state index is 0.108. The molecule has 0 bridgehead atoms. The van der Waals surface area contributed by atoms with Gasteiger partial charge in [0, 0.05) is 19.1 Å². The van der Waals surface area contributed by atoms with Crippen molar-refractivity contribution in [1.29, 1.82) is 0 Å². The smallest absolute Gasteiger partial charge is 0.273 e. The van der Waals surface area contributed by atoms with Crippen molar-refractivity contribution in [2.24, 2.45) is 0 Å². The third kappa shape index (κ3) is 6.04. The van der Waals surface area contributed by atoms with E-state index in [4.69, 9.17) is 4.42 Å². The highest BCUT2D eigenvalue weighted by Crippen LogP contribution is 2.18. The van der Waals surface area contributed by atoms with Gasteiger partial charge in [0.15, 0.2) is 5.69 Å². The minimum atomic E-state index is -0.191. The van der Waals surface area contributed by atoms with Gasteiger partial charge in [0.05, 0.1) is 6.54 Å². The molecule has 1 aromatic heterocycles. The molecule has 5 heteroatoms. The lowest BCUT2D eigenvalue weighted by Crippen LogP contribution is -2.32. The van der Waals surface area contributed by atoms with Crippen LogP contribution in [0.2, 0.25) is 0 Å². The Labute approximate surface area is 179 Å². The van der Waals surface area contributed by atoms with Crippen molar-refractivity contribution in [3.05, 3.63) is 88.6 Å². The molecule has 0 aliphatic heterocycles. The highest BCUT2D eigenvalue weighted by molar-refractivity contribution is 5.92. The lowest BCUT2D eigenvalue weighted by atomic mass is 10.0. The Morgan fingerprint density at radius 1 is 1.10 bits per heavy atom. The summed E-state index contributed by atoms with van der Waals surface area (Å²) >= 11 is 0. The van der Waals surface area contributed by atoms with Gasteiger partial charge in [-0.1, -0.05) is 61.0 Å². The largest absolute Gasteiger partial charge is 0.447 e. The van der Waals surface area contributed by atoms with E-state index in [2.05, 4.69) is 59.4 Å². The second-order valence-electron chi connectivity index (χ2n) is 7.97. The predicted octanol–water partition coefficient (Wildman–Crippen LogP) is 5.02. The maximum absolute atomic E-state index is 12.3. The van der Waals surface area contributed by atoms with Crippen molar-refractivity contribution >= 4 is 5.91 Å². The van der Waals surface area contributed by atoms with Crippen LogP contribution in [0.1, 0.15) is 58.9 Å². The van der Waals surface area contributed by atoms with Crippen LogP contribution in [-0.2, 0) is 19.6 Å². The zero-order chi connectivity index (χ0) is 21.5. The molecule has 3 aromatic rings. The molecule has 0 fully saturated rings. The summed E-state index contributed by atoms with van der Waals surface area (Å²) in [5, 5.41) is 2.93. The van der Waals surface area contributed by atoms with E-state index < -0.39 is 0 Å². The fourth-order valence-electron chi connectivity index (χ4n) is 3.30. The molecule has 0 radical (unpaired) electrons. The molecule has 0 spiro atoms. The minimum Gasteiger partial charge on any atom is -0.447 e. The molecule has 158 valence electrons. The molecule has 2 aromatic carbocycles. The number of carbonyl (C=O) groups excluding carboxylic acids is 1. The first-order valence-electron chi connectivity index (χ1n) is 10.5. The van der Waals surface area contributed by atoms with Gasteiger partial charge in [-0.05, 0) is 43.9 Å². The molecular weight excluding hydrogens is 374 g/mol. The summed E-state index contributed by atoms with van der Waals surface area (Å²) in [6, 6.07) is 17.0. The highest BCUT2D eigenvalue weighted by Gasteiger charge is 2.17. The summed E-state index contributed by atoms with van der Waals surface area (Å²) in [5.41, 5.74) is 5.35. The van der Waals surface area contributed by atoms with Gasteiger partial charge in [0.1, 0.15) is 6.26 Å². The monoisotopic (exact) mass is 405 g/mol. The Morgan fingerprint density at radius 3 is 2.60 bits per heavy atom. The number of aryl methyl sites for hydroxylation is 2. The molecule has 1 amide bonds. The molecule has 1 atom stereocenters. The topological polar surface area (TPSA) is 58.4 Å². The molecule has 0 saturated heterocycles. The van der Waals surface area contributed by atoms with Crippen LogP contribution in [0.15, 0.2) is 59.2 Å². The van der Waals surface area contributed by atoms with Gasteiger partial charge in [-0.2, -0.15) is 0 Å². The maximum Gasteiger partial charge on any atom is 0.273 e. The van der Waals surface area contributed by atoms with Crippen LogP contribution in [0.5, 0.6) is 0 Å². The number of hydrogen-bond donors (Lipinski definition) is 1. The predicted molar refractivity (Wildman–Crippen MR) is 119 cm³/mol. The van der Waals surface area contributed by atoms with Crippen LogP contribution >= 0.6 is 0 Å². The summed E-state index contributed by atoms with van der Waals surface area (Å²) in [6.45, 7) is 10.3. The quantitative estimate of drug-likeness (QED) is 0.543. The van der Waals surface area contributed by atoms with Crippen molar-refractivity contribution in [3.63, 3.8) is 0 Å². The zero-order valence-electron chi connectivity index (χ0n) is 18.3. The number of oxazole rings is 1. The molecule has 30 heavy (non-hydrogen) atoms. The van der Waals surface area contributed by atoms with Crippen molar-refractivity contribution in [1.82, 2.24) is 15.2 Å². The van der Waals surface area contributed by atoms with Crippen molar-refractivity contribution in [2.75, 3.05) is 0 Å². The van der Waals surface area contributed by atoms with E-state index >= 15 is 0 Å². The van der Waals surface area contributed by atoms with Gasteiger partial charge >= 0.3 is 0 Å². The van der Waals surface area contributed by atoms with Gasteiger partial charge in [-0.15, -0.1) is 0 Å². The molecule has 0 unspecified atom stereocenters. The third-order valence-electron chi connectivity index (χ3n) is 5.28. The Kier molecular flexibility index (Phi) is 7.41. The molecular formula is C25H31N3O2. The van der Waals surface area contributed by atoms with E-state index in [0.717, 1.165) is 19.5 Å². The summed E-state index contributed by atoms with van der Waals surface area (Å²) in [6.07, 6.45) is 2.32. The molecule has 1 N–H and O–H groups in total. The Morgan fingerprint density at radius 2 is 1.87 bits per heavy atom. The van der Waals surface area contributed by atoms with Gasteiger partial charge in [0.25, 0.3) is 5.91 Å². The van der Waals surface area contributed by atoms with Gasteiger partial charge in [-0.3, -0.25) is 9.69 Å². The number of benzene rings is 2. The Balaban J connectivity index is 1.77. The van der Waals surface area contributed by atoms with E-state index in [0.29, 0.717) is 18.1 Å². The van der Waals surface area contributed by atoms with E-state index in [1.165, 1.54) is 28.5 Å². The van der Waals surface area contributed by atoms with Gasteiger partial charge < -0.3 is 9.73 Å². The Bertz CT molecular complexity index is 966. The van der Waals surface area contributed by atoms with Crippen LogP contribution < -0.4 is 5.32 Å². The normalized spacial score (nSPS) is 12.2. The lowest BCUT2D eigenvalue weighted by Gasteiger charge is -2.22. The van der Waals surface area contributed by atoms with Crippen LogP contribution in [0.4, 0.5) is 0 Å². The lowest BCUT2D eigenvalue weighted by molar-refractivity contribution is 0.0934. The molecule has 0 saturated carbocycles. The SMILES string of the molecule is CC[C@@H](C)NC(=O)c1coc(CN(Cc2ccccc2)Cc2cc(C)ccc2C)n1. The number of carbonyl (C=O) groups is 1. The number of nitrogens with one attached hydrogen (secondary N) is 1. The standard InChI is InChI=1S/C25H31N3O2/c1-5-20(4)26-25(29)23-17-30-24(27-23)16-28(14-21-9-7-6-8-10-21)15-22-13-18(2)11-12-19(22)3/h6-13,17,20H,5,14-16H2,1-4H3,(H,26,29)/t20-/m1/s1. The second-order valence-corrected chi connectivity index (χ2v) is 7.97. The van der Waals surface area contributed by atoms with E-state index in [9.17, 15) is 4.79 Å². The fourth-order valence-corrected chi connectivity index (χ4v) is 3.30. The summed E-state index contributed by atoms with van der Waals surface area (Å²) < 4.78 is 5.65. The molecule has 0 aliphatic carbocycles. The zero-order valence-corrected chi connectivity index (χ0v) is 18.3. The number of rotatable bonds is 9. The van der Waals surface area contributed by atoms with Gasteiger partial charge in [-0.25, -0.2) is 4.98 Å². The van der Waals surface area contributed by atoms with Crippen molar-refractivity contribution in [2.45, 2.75) is 59.8 Å². The number of aromatic nitrogens is 1. The summed E-state index contributed by atoms with van der Waals surface area (Å²) in [5.74, 6) is 0.356. The van der Waals surface area contributed by atoms with Crippen molar-refractivity contribution in [3.8, 4) is 0 Å². The number of amides is 1. The van der Waals surface area contributed by atoms with E-state index in [-0.39, 0.29) is 11.9 Å². The fraction of sp³-hybridized carbons (Fsp3) is 0.360. The number of hydrogen-bond acceptors (Lipinski definition) is 4. The van der Waals surface area contributed by atoms with Crippen molar-refractivity contribution < 1.29 is 9.21 Å². The number of nitrogens with zero attached hydrogens (tertiary/aromatic N) is 2. The van der Waals surface area contributed by atoms with Crippen LogP contribution in [0.3, 0.4) is 0 Å².